The van der Waals surface area contributed by atoms with Crippen LogP contribution in [0.25, 0.3) is 0 Å². The normalized spacial score (nSPS) is 14.4. The molecule has 0 atom stereocenters. The molecule has 0 unspecified atom stereocenters. The van der Waals surface area contributed by atoms with Gasteiger partial charge in [-0.1, -0.05) is 12.1 Å². The molecular weight excluding hydrogens is 160 g/mol. The molecular formula is C11H16N2. The second-order valence-corrected chi connectivity index (χ2v) is 3.91. The molecule has 1 aromatic carbocycles. The quantitative estimate of drug-likeness (QED) is 0.738. The van der Waals surface area contributed by atoms with Crippen LogP contribution in [0.3, 0.4) is 0 Å². The molecule has 13 heavy (non-hydrogen) atoms. The summed E-state index contributed by atoms with van der Waals surface area (Å²) in [4.78, 5) is 2.19. The summed E-state index contributed by atoms with van der Waals surface area (Å²) in [6.07, 6.45) is 1.18. The molecule has 1 heterocycles. The summed E-state index contributed by atoms with van der Waals surface area (Å²) >= 11 is 0. The Balaban J connectivity index is 2.21. The van der Waals surface area contributed by atoms with Gasteiger partial charge in [0.15, 0.2) is 0 Å². The van der Waals surface area contributed by atoms with E-state index in [1.807, 2.05) is 0 Å². The van der Waals surface area contributed by atoms with Crippen LogP contribution in [0.1, 0.15) is 11.1 Å². The molecule has 2 rings (SSSR count). The molecule has 0 fully saturated rings. The van der Waals surface area contributed by atoms with Crippen molar-refractivity contribution in [1.29, 1.82) is 0 Å². The highest BCUT2D eigenvalue weighted by atomic mass is 15.0. The monoisotopic (exact) mass is 176 g/mol. The third kappa shape index (κ3) is 1.83. The first-order valence-electron chi connectivity index (χ1n) is 4.76. The van der Waals surface area contributed by atoms with E-state index in [0.717, 1.165) is 13.1 Å². The predicted octanol–water partition coefficient (Wildman–Crippen LogP) is 1.72. The first-order valence-corrected chi connectivity index (χ1v) is 4.76. The lowest BCUT2D eigenvalue weighted by Crippen LogP contribution is -2.10. The fourth-order valence-electron chi connectivity index (χ4n) is 1.80. The second kappa shape index (κ2) is 3.38. The minimum atomic E-state index is 1.02. The van der Waals surface area contributed by atoms with Gasteiger partial charge < -0.3 is 10.2 Å². The van der Waals surface area contributed by atoms with E-state index in [-0.39, 0.29) is 0 Å². The van der Waals surface area contributed by atoms with Crippen LogP contribution in [0, 0.1) is 0 Å². The summed E-state index contributed by atoms with van der Waals surface area (Å²) < 4.78 is 0. The number of rotatable bonds is 2. The molecule has 0 saturated heterocycles. The number of hydrogen-bond acceptors (Lipinski definition) is 2. The number of benzene rings is 1. The van der Waals surface area contributed by atoms with E-state index in [9.17, 15) is 0 Å². The summed E-state index contributed by atoms with van der Waals surface area (Å²) in [6.45, 7) is 2.12. The molecule has 70 valence electrons. The van der Waals surface area contributed by atoms with E-state index in [0.29, 0.717) is 0 Å². The highest BCUT2D eigenvalue weighted by molar-refractivity contribution is 5.56. The number of hydrogen-bond donors (Lipinski definition) is 1. The molecule has 0 amide bonds. The van der Waals surface area contributed by atoms with Crippen molar-refractivity contribution in [2.75, 3.05) is 26.0 Å². The zero-order valence-corrected chi connectivity index (χ0v) is 8.30. The highest BCUT2D eigenvalue weighted by Crippen LogP contribution is 2.23. The summed E-state index contributed by atoms with van der Waals surface area (Å²) in [5.74, 6) is 0. The zero-order chi connectivity index (χ0) is 9.26. The molecule has 2 nitrogen and oxygen atoms in total. The molecule has 2 heteroatoms. The van der Waals surface area contributed by atoms with Crippen LogP contribution >= 0.6 is 0 Å². The first-order chi connectivity index (χ1) is 6.25. The lowest BCUT2D eigenvalue weighted by molar-refractivity contribution is 0.402. The van der Waals surface area contributed by atoms with Crippen LogP contribution in [0.15, 0.2) is 18.2 Å². The summed E-state index contributed by atoms with van der Waals surface area (Å²) in [7, 11) is 4.20. The molecule has 1 aliphatic rings. The smallest absolute Gasteiger partial charge is 0.0376 e. The Morgan fingerprint density at radius 2 is 2.23 bits per heavy atom. The molecule has 0 aromatic heterocycles. The van der Waals surface area contributed by atoms with E-state index in [4.69, 9.17) is 0 Å². The van der Waals surface area contributed by atoms with Gasteiger partial charge in [-0.2, -0.15) is 0 Å². The van der Waals surface area contributed by atoms with Crippen molar-refractivity contribution in [2.24, 2.45) is 0 Å². The average Bonchev–Trinajstić information content (AvgIpc) is 2.49. The number of nitrogens with one attached hydrogen (secondary N) is 1. The minimum Gasteiger partial charge on any atom is -0.384 e. The van der Waals surface area contributed by atoms with Gasteiger partial charge in [0.25, 0.3) is 0 Å². The zero-order valence-electron chi connectivity index (χ0n) is 8.30. The van der Waals surface area contributed by atoms with Crippen LogP contribution in [-0.4, -0.2) is 25.5 Å². The van der Waals surface area contributed by atoms with Gasteiger partial charge in [0, 0.05) is 18.8 Å². The highest BCUT2D eigenvalue weighted by Gasteiger charge is 2.09. The molecule has 0 radical (unpaired) electrons. The van der Waals surface area contributed by atoms with Crippen molar-refractivity contribution in [1.82, 2.24) is 4.90 Å². The maximum Gasteiger partial charge on any atom is 0.0376 e. The fourth-order valence-corrected chi connectivity index (χ4v) is 1.80. The van der Waals surface area contributed by atoms with Gasteiger partial charge in [-0.3, -0.25) is 0 Å². The van der Waals surface area contributed by atoms with Gasteiger partial charge in [0.05, 0.1) is 0 Å². The Morgan fingerprint density at radius 3 is 3.00 bits per heavy atom. The standard InChI is InChI=1S/C11H16N2/c1-13(2)8-9-3-4-10-5-6-12-11(10)7-9/h3-4,7,12H,5-6,8H2,1-2H3. The summed E-state index contributed by atoms with van der Waals surface area (Å²) in [5, 5.41) is 3.40. The average molecular weight is 176 g/mol. The largest absolute Gasteiger partial charge is 0.384 e. The number of fused-ring (bicyclic) bond motifs is 1. The molecule has 1 aromatic rings. The molecule has 1 aliphatic heterocycles. The van der Waals surface area contributed by atoms with Crippen molar-refractivity contribution in [3.8, 4) is 0 Å². The molecule has 0 bridgehead atoms. The maximum absolute atomic E-state index is 3.40. The Morgan fingerprint density at radius 1 is 1.38 bits per heavy atom. The van der Waals surface area contributed by atoms with Gasteiger partial charge in [0.2, 0.25) is 0 Å². The van der Waals surface area contributed by atoms with Crippen molar-refractivity contribution in [3.63, 3.8) is 0 Å². The van der Waals surface area contributed by atoms with Crippen LogP contribution < -0.4 is 5.32 Å². The Bertz CT molecular complexity index is 305. The number of anilines is 1. The summed E-state index contributed by atoms with van der Waals surface area (Å²) in [5.41, 5.74) is 4.18. The molecule has 0 spiro atoms. The van der Waals surface area contributed by atoms with Crippen LogP contribution in [0.2, 0.25) is 0 Å². The van der Waals surface area contributed by atoms with Crippen molar-refractivity contribution >= 4 is 5.69 Å². The lowest BCUT2D eigenvalue weighted by atomic mass is 10.1. The predicted molar refractivity (Wildman–Crippen MR) is 56.0 cm³/mol. The third-order valence-electron chi connectivity index (χ3n) is 2.38. The number of nitrogens with zero attached hydrogens (tertiary/aromatic N) is 1. The van der Waals surface area contributed by atoms with Gasteiger partial charge in [0.1, 0.15) is 0 Å². The molecule has 1 N–H and O–H groups in total. The van der Waals surface area contributed by atoms with Gasteiger partial charge in [-0.25, -0.2) is 0 Å². The van der Waals surface area contributed by atoms with Crippen molar-refractivity contribution in [3.05, 3.63) is 29.3 Å². The fraction of sp³-hybridized carbons (Fsp3) is 0.455. The van der Waals surface area contributed by atoms with E-state index >= 15 is 0 Å². The van der Waals surface area contributed by atoms with Gasteiger partial charge >= 0.3 is 0 Å². The van der Waals surface area contributed by atoms with Gasteiger partial charge in [-0.05, 0) is 37.7 Å². The second-order valence-electron chi connectivity index (χ2n) is 3.91. The van der Waals surface area contributed by atoms with Gasteiger partial charge in [-0.15, -0.1) is 0 Å². The molecule has 0 aliphatic carbocycles. The van der Waals surface area contributed by atoms with E-state index in [2.05, 4.69) is 42.5 Å². The maximum atomic E-state index is 3.40. The van der Waals surface area contributed by atoms with E-state index < -0.39 is 0 Å². The summed E-state index contributed by atoms with van der Waals surface area (Å²) in [6, 6.07) is 6.74. The minimum absolute atomic E-state index is 1.02. The van der Waals surface area contributed by atoms with Crippen LogP contribution in [0.4, 0.5) is 5.69 Å². The Kier molecular flexibility index (Phi) is 2.23. The first kappa shape index (κ1) is 8.57. The topological polar surface area (TPSA) is 15.3 Å². The molecule has 0 saturated carbocycles. The van der Waals surface area contributed by atoms with E-state index in [1.54, 1.807) is 0 Å². The van der Waals surface area contributed by atoms with Crippen LogP contribution in [-0.2, 0) is 13.0 Å². The van der Waals surface area contributed by atoms with E-state index in [1.165, 1.54) is 23.2 Å². The van der Waals surface area contributed by atoms with Crippen LogP contribution in [0.5, 0.6) is 0 Å². The third-order valence-corrected chi connectivity index (χ3v) is 2.38. The Labute approximate surface area is 79.6 Å². The van der Waals surface area contributed by atoms with Crippen molar-refractivity contribution in [2.45, 2.75) is 13.0 Å². The van der Waals surface area contributed by atoms with Crippen molar-refractivity contribution < 1.29 is 0 Å². The lowest BCUT2D eigenvalue weighted by Gasteiger charge is -2.10. The SMILES string of the molecule is CN(C)Cc1ccc2c(c1)NCC2. The Hall–Kier alpha value is -1.02.